The van der Waals surface area contributed by atoms with Crippen LogP contribution < -0.4 is 0 Å². The third kappa shape index (κ3) is 59.9. The van der Waals surface area contributed by atoms with Crippen molar-refractivity contribution in [3.63, 3.8) is 0 Å². The Morgan fingerprint density at radius 2 is 0.534 bits per heavy atom. The molecule has 0 heterocycles. The van der Waals surface area contributed by atoms with E-state index in [9.17, 15) is 14.4 Å². The van der Waals surface area contributed by atoms with E-state index in [1.165, 1.54) is 193 Å². The largest absolute Gasteiger partial charge is 0.462 e. The molecule has 0 aromatic heterocycles. The molecule has 0 bridgehead atoms. The number of carbonyl (C=O) groups excluding carboxylic acids is 3. The van der Waals surface area contributed by atoms with Gasteiger partial charge in [-0.05, 0) is 64.2 Å². The van der Waals surface area contributed by atoms with Crippen LogP contribution in [-0.2, 0) is 28.6 Å². The van der Waals surface area contributed by atoms with Gasteiger partial charge in [0.25, 0.3) is 0 Å². The lowest BCUT2D eigenvalue weighted by Gasteiger charge is -2.18. The third-order valence-electron chi connectivity index (χ3n) is 14.0. The maximum Gasteiger partial charge on any atom is 0.306 e. The zero-order valence-electron chi connectivity index (χ0n) is 48.7. The number of ether oxygens (including phenoxy) is 3. The first-order chi connectivity index (χ1) is 36.0. The van der Waals surface area contributed by atoms with Crippen LogP contribution in [0.15, 0.2) is 60.8 Å². The molecule has 424 valence electrons. The minimum atomic E-state index is -0.776. The van der Waals surface area contributed by atoms with Gasteiger partial charge in [0.1, 0.15) is 13.2 Å². The summed E-state index contributed by atoms with van der Waals surface area (Å²) < 4.78 is 16.9. The molecular weight excluding hydrogens is 901 g/mol. The minimum absolute atomic E-state index is 0.0731. The average Bonchev–Trinajstić information content (AvgIpc) is 3.39. The Hall–Kier alpha value is -2.89. The van der Waals surface area contributed by atoms with Gasteiger partial charge in [-0.3, -0.25) is 14.4 Å². The second kappa shape index (κ2) is 61.7. The first kappa shape index (κ1) is 70.1. The van der Waals surface area contributed by atoms with E-state index in [-0.39, 0.29) is 31.1 Å². The maximum absolute atomic E-state index is 12.9. The number of hydrogen-bond acceptors (Lipinski definition) is 6. The van der Waals surface area contributed by atoms with Crippen molar-refractivity contribution >= 4 is 17.9 Å². The molecule has 6 heteroatoms. The molecule has 0 aliphatic rings. The summed E-state index contributed by atoms with van der Waals surface area (Å²) in [6.45, 7) is 6.56. The lowest BCUT2D eigenvalue weighted by atomic mass is 10.0. The number of allylic oxidation sites excluding steroid dienone is 10. The van der Waals surface area contributed by atoms with E-state index in [1.807, 2.05) is 0 Å². The smallest absolute Gasteiger partial charge is 0.306 e. The van der Waals surface area contributed by atoms with Crippen LogP contribution in [-0.4, -0.2) is 37.2 Å². The lowest BCUT2D eigenvalue weighted by molar-refractivity contribution is -0.167. The zero-order valence-corrected chi connectivity index (χ0v) is 48.7. The molecule has 0 spiro atoms. The van der Waals surface area contributed by atoms with Crippen molar-refractivity contribution in [3.8, 4) is 0 Å². The van der Waals surface area contributed by atoms with E-state index in [2.05, 4.69) is 81.5 Å². The number of unbranched alkanes of at least 4 members (excludes halogenated alkanes) is 37. The standard InChI is InChI=1S/C67H120O6/c1-4-7-10-13-16-19-22-24-26-28-30-32-33-35-36-38-40-42-45-48-51-54-57-60-66(69)72-63-64(62-71-65(68)59-56-53-50-47-44-21-18-15-12-9-6-3)73-67(70)61-58-55-52-49-46-43-41-39-37-34-31-29-27-25-23-20-17-14-11-8-5-2/h7,10,16,19,24,26,30,32,35-36,64H,4-6,8-9,11-15,17-18,20-23,25,27-29,31,33-34,37-63H2,1-3H3/b10-7-,19-16-,26-24-,32-30-,36-35-. The topological polar surface area (TPSA) is 78.9 Å². The number of esters is 3. The van der Waals surface area contributed by atoms with Crippen LogP contribution >= 0.6 is 0 Å². The number of hydrogen-bond donors (Lipinski definition) is 0. The summed E-state index contributed by atoms with van der Waals surface area (Å²) in [5.74, 6) is -0.866. The SMILES string of the molecule is CC/C=C\C/C=C\C/C=C\C/C=C\C/C=C\CCCCCCCCCC(=O)OCC(COC(=O)CCCCCCCCCCCCC)OC(=O)CCCCCCCCCCCCCCCCCCCCCCC. The predicted octanol–water partition coefficient (Wildman–Crippen LogP) is 21.6. The fraction of sp³-hybridized carbons (Fsp3) is 0.806. The molecule has 6 nitrogen and oxygen atoms in total. The van der Waals surface area contributed by atoms with Gasteiger partial charge in [-0.25, -0.2) is 0 Å². The van der Waals surface area contributed by atoms with Crippen molar-refractivity contribution in [1.82, 2.24) is 0 Å². The highest BCUT2D eigenvalue weighted by molar-refractivity contribution is 5.71. The summed E-state index contributed by atoms with van der Waals surface area (Å²) in [5, 5.41) is 0. The molecule has 0 saturated carbocycles. The maximum atomic E-state index is 12.9. The van der Waals surface area contributed by atoms with Gasteiger partial charge < -0.3 is 14.2 Å². The highest BCUT2D eigenvalue weighted by atomic mass is 16.6. The first-order valence-corrected chi connectivity index (χ1v) is 31.8. The van der Waals surface area contributed by atoms with Gasteiger partial charge in [-0.2, -0.15) is 0 Å². The quantitative estimate of drug-likeness (QED) is 0.0261. The van der Waals surface area contributed by atoms with Gasteiger partial charge in [-0.1, -0.05) is 306 Å². The summed E-state index contributed by atoms with van der Waals surface area (Å²) in [6, 6.07) is 0. The summed E-state index contributed by atoms with van der Waals surface area (Å²) in [4.78, 5) is 38.2. The van der Waals surface area contributed by atoms with E-state index in [4.69, 9.17) is 14.2 Å². The van der Waals surface area contributed by atoms with Gasteiger partial charge in [0.05, 0.1) is 0 Å². The van der Waals surface area contributed by atoms with E-state index in [1.54, 1.807) is 0 Å². The highest BCUT2D eigenvalue weighted by Gasteiger charge is 2.19. The van der Waals surface area contributed by atoms with Crippen LogP contribution in [0, 0.1) is 0 Å². The monoisotopic (exact) mass is 1020 g/mol. The third-order valence-corrected chi connectivity index (χ3v) is 14.0. The Kier molecular flexibility index (Phi) is 59.2. The first-order valence-electron chi connectivity index (χ1n) is 31.8. The molecule has 0 amide bonds. The highest BCUT2D eigenvalue weighted by Crippen LogP contribution is 2.17. The van der Waals surface area contributed by atoms with E-state index in [0.29, 0.717) is 19.3 Å². The zero-order chi connectivity index (χ0) is 52.9. The van der Waals surface area contributed by atoms with Crippen LogP contribution in [0.3, 0.4) is 0 Å². The normalized spacial score (nSPS) is 12.4. The molecule has 1 atom stereocenters. The van der Waals surface area contributed by atoms with Gasteiger partial charge in [0, 0.05) is 19.3 Å². The molecular formula is C67H120O6. The van der Waals surface area contributed by atoms with Crippen LogP contribution in [0.1, 0.15) is 329 Å². The minimum Gasteiger partial charge on any atom is -0.462 e. The molecule has 0 aliphatic carbocycles. The molecule has 0 N–H and O–H groups in total. The summed E-state index contributed by atoms with van der Waals surface area (Å²) in [7, 11) is 0. The van der Waals surface area contributed by atoms with Crippen LogP contribution in [0.5, 0.6) is 0 Å². The molecule has 73 heavy (non-hydrogen) atoms. The molecule has 0 aromatic carbocycles. The van der Waals surface area contributed by atoms with Gasteiger partial charge in [-0.15, -0.1) is 0 Å². The number of carbonyl (C=O) groups is 3. The van der Waals surface area contributed by atoms with Crippen molar-refractivity contribution in [3.05, 3.63) is 60.8 Å². The van der Waals surface area contributed by atoms with Crippen LogP contribution in [0.25, 0.3) is 0 Å². The van der Waals surface area contributed by atoms with Crippen molar-refractivity contribution < 1.29 is 28.6 Å². The van der Waals surface area contributed by atoms with Gasteiger partial charge in [0.2, 0.25) is 0 Å². The van der Waals surface area contributed by atoms with Crippen molar-refractivity contribution in [2.24, 2.45) is 0 Å². The summed E-state index contributed by atoms with van der Waals surface area (Å²) in [5.41, 5.74) is 0. The molecule has 1 unspecified atom stereocenters. The Bertz CT molecular complexity index is 1310. The molecule has 0 saturated heterocycles. The van der Waals surface area contributed by atoms with Crippen molar-refractivity contribution in [1.29, 1.82) is 0 Å². The van der Waals surface area contributed by atoms with Crippen molar-refractivity contribution in [2.75, 3.05) is 13.2 Å². The Morgan fingerprint density at radius 1 is 0.288 bits per heavy atom. The van der Waals surface area contributed by atoms with Crippen LogP contribution in [0.4, 0.5) is 0 Å². The molecule has 0 aromatic rings. The second-order valence-electron chi connectivity index (χ2n) is 21.3. The predicted molar refractivity (Wildman–Crippen MR) is 316 cm³/mol. The molecule has 0 fully saturated rings. The van der Waals surface area contributed by atoms with E-state index >= 15 is 0 Å². The van der Waals surface area contributed by atoms with E-state index in [0.717, 1.165) is 96.3 Å². The molecule has 0 rings (SSSR count). The lowest BCUT2D eigenvalue weighted by Crippen LogP contribution is -2.30. The Balaban J connectivity index is 4.28. The fourth-order valence-electron chi connectivity index (χ4n) is 9.30. The van der Waals surface area contributed by atoms with Gasteiger partial charge >= 0.3 is 17.9 Å². The average molecular weight is 1020 g/mol. The van der Waals surface area contributed by atoms with Crippen LogP contribution in [0.2, 0.25) is 0 Å². The summed E-state index contributed by atoms with van der Waals surface area (Å²) >= 11 is 0. The molecule has 0 aliphatic heterocycles. The Morgan fingerprint density at radius 3 is 0.836 bits per heavy atom. The van der Waals surface area contributed by atoms with Crippen molar-refractivity contribution in [2.45, 2.75) is 335 Å². The fourth-order valence-corrected chi connectivity index (χ4v) is 9.30. The number of rotatable bonds is 58. The summed E-state index contributed by atoms with van der Waals surface area (Å²) in [6.07, 6.45) is 78.0. The van der Waals surface area contributed by atoms with E-state index < -0.39 is 6.10 Å². The molecule has 0 radical (unpaired) electrons. The second-order valence-corrected chi connectivity index (χ2v) is 21.3. The van der Waals surface area contributed by atoms with Gasteiger partial charge in [0.15, 0.2) is 6.10 Å². The Labute approximate surface area is 453 Å².